The number of hydrogen-bond donors (Lipinski definition) is 0. The van der Waals surface area contributed by atoms with Crippen molar-refractivity contribution in [2.75, 3.05) is 14.2 Å². The van der Waals surface area contributed by atoms with E-state index in [1.54, 1.807) is 6.92 Å². The Morgan fingerprint density at radius 3 is 2.07 bits per heavy atom. The molecule has 1 aromatic rings. The van der Waals surface area contributed by atoms with Crippen molar-refractivity contribution in [2.45, 2.75) is 6.92 Å². The number of halogens is 1. The van der Waals surface area contributed by atoms with Crippen molar-refractivity contribution in [3.63, 3.8) is 0 Å². The minimum atomic E-state index is -0.654. The van der Waals surface area contributed by atoms with Crippen molar-refractivity contribution in [3.05, 3.63) is 21.6 Å². The summed E-state index contributed by atoms with van der Waals surface area (Å²) in [4.78, 5) is 22.7. The molecule has 0 saturated carbocycles. The summed E-state index contributed by atoms with van der Waals surface area (Å²) in [5.74, 6) is -0.990. The minimum Gasteiger partial charge on any atom is -0.465 e. The number of carbonyl (C=O) groups excluding carboxylic acids is 2. The second kappa shape index (κ2) is 4.48. The molecule has 1 heterocycles. The summed E-state index contributed by atoms with van der Waals surface area (Å²) >= 11 is 3.03. The lowest BCUT2D eigenvalue weighted by atomic mass is 10.1. The van der Waals surface area contributed by atoms with Gasteiger partial charge in [-0.2, -0.15) is 0 Å². The fourth-order valence-electron chi connectivity index (χ4n) is 1.14. The number of ether oxygens (including phenoxy) is 2. The lowest BCUT2D eigenvalue weighted by Crippen LogP contribution is -2.10. The molecule has 0 amide bonds. The highest BCUT2D eigenvalue weighted by molar-refractivity contribution is 9.10. The first kappa shape index (κ1) is 11.8. The van der Waals surface area contributed by atoms with Crippen molar-refractivity contribution in [1.29, 1.82) is 0 Å². The predicted molar refractivity (Wildman–Crippen MR) is 53.8 cm³/mol. The van der Waals surface area contributed by atoms with Crippen LogP contribution in [0.25, 0.3) is 0 Å². The normalized spacial score (nSPS) is 9.87. The second-order valence-electron chi connectivity index (χ2n) is 2.67. The van der Waals surface area contributed by atoms with Gasteiger partial charge in [0.05, 0.1) is 14.2 Å². The van der Waals surface area contributed by atoms with Crippen LogP contribution in [0.1, 0.15) is 26.5 Å². The summed E-state index contributed by atoms with van der Waals surface area (Å²) in [7, 11) is 2.45. The van der Waals surface area contributed by atoms with E-state index in [-0.39, 0.29) is 15.8 Å². The van der Waals surface area contributed by atoms with E-state index in [4.69, 9.17) is 4.42 Å². The van der Waals surface area contributed by atoms with Crippen LogP contribution < -0.4 is 0 Å². The predicted octanol–water partition coefficient (Wildman–Crippen LogP) is 1.92. The average Bonchev–Trinajstić information content (AvgIpc) is 2.51. The quantitative estimate of drug-likeness (QED) is 0.773. The van der Waals surface area contributed by atoms with Gasteiger partial charge in [0.2, 0.25) is 0 Å². The number of furan rings is 1. The van der Waals surface area contributed by atoms with Crippen LogP contribution in [-0.2, 0) is 9.47 Å². The molecule has 1 aromatic heterocycles. The smallest absolute Gasteiger partial charge is 0.343 e. The van der Waals surface area contributed by atoms with Crippen LogP contribution in [0.3, 0.4) is 0 Å². The van der Waals surface area contributed by atoms with Gasteiger partial charge in [-0.25, -0.2) is 9.59 Å². The van der Waals surface area contributed by atoms with Gasteiger partial charge in [-0.05, 0) is 22.9 Å². The molecular weight excluding hydrogens is 268 g/mol. The monoisotopic (exact) mass is 276 g/mol. The molecule has 6 heteroatoms. The number of carbonyl (C=O) groups is 2. The van der Waals surface area contributed by atoms with Crippen LogP contribution in [0.2, 0.25) is 0 Å². The molecule has 0 aliphatic rings. The number of rotatable bonds is 2. The van der Waals surface area contributed by atoms with Crippen LogP contribution in [0.4, 0.5) is 0 Å². The third kappa shape index (κ3) is 2.04. The van der Waals surface area contributed by atoms with Gasteiger partial charge in [0, 0.05) is 0 Å². The van der Waals surface area contributed by atoms with Gasteiger partial charge in [-0.3, -0.25) is 0 Å². The maximum atomic E-state index is 11.4. The lowest BCUT2D eigenvalue weighted by molar-refractivity contribution is 0.0555. The van der Waals surface area contributed by atoms with Gasteiger partial charge in [-0.1, -0.05) is 0 Å². The van der Waals surface area contributed by atoms with Crippen molar-refractivity contribution < 1.29 is 23.5 Å². The van der Waals surface area contributed by atoms with Gasteiger partial charge < -0.3 is 13.9 Å². The Morgan fingerprint density at radius 2 is 1.60 bits per heavy atom. The van der Waals surface area contributed by atoms with Crippen LogP contribution in [-0.4, -0.2) is 26.2 Å². The number of esters is 2. The topological polar surface area (TPSA) is 65.7 Å². The maximum Gasteiger partial charge on any atom is 0.343 e. The average molecular weight is 277 g/mol. The molecule has 0 fully saturated rings. The summed E-state index contributed by atoms with van der Waals surface area (Å²) in [5.41, 5.74) is 0.123. The van der Waals surface area contributed by atoms with E-state index in [2.05, 4.69) is 25.4 Å². The van der Waals surface area contributed by atoms with Gasteiger partial charge in [0.25, 0.3) is 0 Å². The Hall–Kier alpha value is -1.30. The zero-order chi connectivity index (χ0) is 11.6. The highest BCUT2D eigenvalue weighted by atomic mass is 79.9. The Balaban J connectivity index is 3.35. The minimum absolute atomic E-state index is 0.0434. The summed E-state index contributed by atoms with van der Waals surface area (Å²) in [6, 6.07) is 0. The fourth-order valence-corrected chi connectivity index (χ4v) is 1.75. The SMILES string of the molecule is COC(=O)c1c(C)oc(Br)c1C(=O)OC. The molecule has 0 atom stereocenters. The summed E-state index contributed by atoms with van der Waals surface area (Å²) in [6.45, 7) is 1.56. The molecule has 5 nitrogen and oxygen atoms in total. The first-order valence-corrected chi connectivity index (χ1v) is 4.77. The maximum absolute atomic E-state index is 11.4. The summed E-state index contributed by atoms with van der Waals surface area (Å²) in [6.07, 6.45) is 0. The molecule has 1 rings (SSSR count). The molecule has 0 spiro atoms. The van der Waals surface area contributed by atoms with E-state index in [0.29, 0.717) is 5.76 Å². The third-order valence-electron chi connectivity index (χ3n) is 1.82. The van der Waals surface area contributed by atoms with E-state index in [1.807, 2.05) is 0 Å². The van der Waals surface area contributed by atoms with Gasteiger partial charge in [0.1, 0.15) is 16.9 Å². The van der Waals surface area contributed by atoms with E-state index < -0.39 is 11.9 Å². The Kier molecular flexibility index (Phi) is 3.52. The van der Waals surface area contributed by atoms with Crippen molar-refractivity contribution in [2.24, 2.45) is 0 Å². The van der Waals surface area contributed by atoms with Crippen LogP contribution >= 0.6 is 15.9 Å². The molecule has 0 unspecified atom stereocenters. The molecule has 0 aliphatic heterocycles. The molecule has 0 aliphatic carbocycles. The third-order valence-corrected chi connectivity index (χ3v) is 2.38. The molecule has 0 saturated heterocycles. The summed E-state index contributed by atoms with van der Waals surface area (Å²) < 4.78 is 14.3. The Bertz CT molecular complexity index is 370. The van der Waals surface area contributed by atoms with E-state index in [0.717, 1.165) is 0 Å². The van der Waals surface area contributed by atoms with Crippen molar-refractivity contribution in [1.82, 2.24) is 0 Å². The first-order chi connectivity index (χ1) is 7.02. The standard InChI is InChI=1S/C9H9BrO5/c1-4-5(8(11)13-2)6(7(10)15-4)9(12)14-3/h1-3H3. The molecule has 0 aromatic carbocycles. The van der Waals surface area contributed by atoms with Crippen LogP contribution in [0.5, 0.6) is 0 Å². The van der Waals surface area contributed by atoms with Crippen LogP contribution in [0.15, 0.2) is 9.09 Å². The number of methoxy groups -OCH3 is 2. The Labute approximate surface area is 94.5 Å². The van der Waals surface area contributed by atoms with Crippen molar-refractivity contribution >= 4 is 27.9 Å². The van der Waals surface area contributed by atoms with Gasteiger partial charge in [0.15, 0.2) is 4.67 Å². The number of aryl methyl sites for hydroxylation is 1. The Morgan fingerprint density at radius 1 is 1.13 bits per heavy atom. The molecule has 0 radical (unpaired) electrons. The first-order valence-electron chi connectivity index (χ1n) is 3.98. The second-order valence-corrected chi connectivity index (χ2v) is 3.39. The molecule has 82 valence electrons. The molecular formula is C9H9BrO5. The largest absolute Gasteiger partial charge is 0.465 e. The highest BCUT2D eigenvalue weighted by Gasteiger charge is 2.28. The van der Waals surface area contributed by atoms with Gasteiger partial charge >= 0.3 is 11.9 Å². The molecule has 0 N–H and O–H groups in total. The van der Waals surface area contributed by atoms with E-state index in [9.17, 15) is 9.59 Å². The zero-order valence-electron chi connectivity index (χ0n) is 8.42. The molecule has 15 heavy (non-hydrogen) atoms. The van der Waals surface area contributed by atoms with E-state index >= 15 is 0 Å². The van der Waals surface area contributed by atoms with Crippen LogP contribution in [0, 0.1) is 6.92 Å². The zero-order valence-corrected chi connectivity index (χ0v) is 10.0. The van der Waals surface area contributed by atoms with Gasteiger partial charge in [-0.15, -0.1) is 0 Å². The van der Waals surface area contributed by atoms with Crippen molar-refractivity contribution in [3.8, 4) is 0 Å². The number of hydrogen-bond acceptors (Lipinski definition) is 5. The lowest BCUT2D eigenvalue weighted by Gasteiger charge is -2.00. The molecule has 0 bridgehead atoms. The fraction of sp³-hybridized carbons (Fsp3) is 0.333. The summed E-state index contributed by atoms with van der Waals surface area (Å²) in [5, 5.41) is 0. The highest BCUT2D eigenvalue weighted by Crippen LogP contribution is 2.28. The van der Waals surface area contributed by atoms with E-state index in [1.165, 1.54) is 14.2 Å².